The molecule has 0 saturated heterocycles. The van der Waals surface area contributed by atoms with Crippen molar-refractivity contribution in [1.29, 1.82) is 0 Å². The van der Waals surface area contributed by atoms with Gasteiger partial charge in [-0.05, 0) is 23.1 Å². The smallest absolute Gasteiger partial charge is 0.337 e. The lowest BCUT2D eigenvalue weighted by molar-refractivity contribution is 0.0698. The Bertz CT molecular complexity index is 633. The van der Waals surface area contributed by atoms with E-state index in [4.69, 9.17) is 0 Å². The molecule has 0 fully saturated rings. The highest BCUT2D eigenvalue weighted by molar-refractivity contribution is 7.90. The van der Waals surface area contributed by atoms with Crippen molar-refractivity contribution < 1.29 is 18.3 Å². The lowest BCUT2D eigenvalue weighted by Crippen LogP contribution is -2.33. The van der Waals surface area contributed by atoms with Crippen molar-refractivity contribution in [2.75, 3.05) is 18.3 Å². The first-order valence-corrected chi connectivity index (χ1v) is 8.05. The summed E-state index contributed by atoms with van der Waals surface area (Å²) in [6.45, 7) is 7.90. The molecule has 0 spiro atoms. The van der Waals surface area contributed by atoms with E-state index in [0.717, 1.165) is 9.87 Å². The first-order valence-electron chi connectivity index (χ1n) is 6.61. The maximum atomic E-state index is 12.1. The number of benzene rings is 1. The second-order valence-corrected chi connectivity index (χ2v) is 7.61. The van der Waals surface area contributed by atoms with Crippen molar-refractivity contribution in [2.24, 2.45) is 0 Å². The van der Waals surface area contributed by atoms with Gasteiger partial charge in [0.2, 0.25) is 0 Å². The third kappa shape index (κ3) is 4.18. The summed E-state index contributed by atoms with van der Waals surface area (Å²) in [5.74, 6) is -1.17. The normalized spacial score (nSPS) is 12.5. The van der Waals surface area contributed by atoms with Crippen LogP contribution in [0.5, 0.6) is 0 Å². The van der Waals surface area contributed by atoms with Crippen molar-refractivity contribution in [3.8, 4) is 0 Å². The molecule has 0 aromatic heterocycles. The van der Waals surface area contributed by atoms with Crippen LogP contribution >= 0.6 is 0 Å². The summed E-state index contributed by atoms with van der Waals surface area (Å²) in [4.78, 5) is 11.3. The highest BCUT2D eigenvalue weighted by atomic mass is 32.2. The Kier molecular flexibility index (Phi) is 5.01. The molecule has 0 amide bonds. The van der Waals surface area contributed by atoms with Crippen LogP contribution in [-0.2, 0) is 15.6 Å². The maximum Gasteiger partial charge on any atom is 0.337 e. The monoisotopic (exact) mass is 314 g/mol. The number of nitrogens with one attached hydrogen (secondary N) is 1. The van der Waals surface area contributed by atoms with Gasteiger partial charge in [0, 0.05) is 13.6 Å². The molecule has 1 aromatic carbocycles. The molecule has 7 heteroatoms. The molecule has 0 saturated carbocycles. The molecule has 2 N–H and O–H groups in total. The number of rotatable bonds is 5. The minimum Gasteiger partial charge on any atom is -0.478 e. The summed E-state index contributed by atoms with van der Waals surface area (Å²) in [6.07, 6.45) is 0. The van der Waals surface area contributed by atoms with Crippen LogP contribution in [0.2, 0.25) is 0 Å². The van der Waals surface area contributed by atoms with Gasteiger partial charge in [0.1, 0.15) is 0 Å². The molecule has 118 valence electrons. The fraction of sp³-hybridized carbons (Fsp3) is 0.500. The number of anilines is 1. The Labute approximate surface area is 126 Å². The number of carboxylic acids is 1. The van der Waals surface area contributed by atoms with Gasteiger partial charge in [-0.3, -0.25) is 4.72 Å². The van der Waals surface area contributed by atoms with Crippen LogP contribution in [0.4, 0.5) is 5.69 Å². The number of hydrogen-bond acceptors (Lipinski definition) is 3. The van der Waals surface area contributed by atoms with Crippen molar-refractivity contribution in [2.45, 2.75) is 33.1 Å². The van der Waals surface area contributed by atoms with Crippen LogP contribution < -0.4 is 4.72 Å². The standard InChI is InChI=1S/C14H22N2O4S/c1-6-16(5)21(19,20)15-12-9-10(14(2,3)4)7-8-11(12)13(17)18/h7-9,15H,6H2,1-5H3,(H,17,18). The Balaban J connectivity index is 3.35. The number of aromatic carboxylic acids is 1. The van der Waals surface area contributed by atoms with Gasteiger partial charge in [-0.2, -0.15) is 12.7 Å². The largest absolute Gasteiger partial charge is 0.478 e. The zero-order chi connectivity index (χ0) is 16.4. The summed E-state index contributed by atoms with van der Waals surface area (Å²) in [7, 11) is -2.33. The van der Waals surface area contributed by atoms with Crippen LogP contribution in [0.1, 0.15) is 43.6 Å². The van der Waals surface area contributed by atoms with Gasteiger partial charge in [-0.15, -0.1) is 0 Å². The van der Waals surface area contributed by atoms with Crippen LogP contribution in [0, 0.1) is 0 Å². The predicted octanol–water partition coefficient (Wildman–Crippen LogP) is 2.29. The zero-order valence-corrected chi connectivity index (χ0v) is 13.8. The molecule has 0 unspecified atom stereocenters. The van der Waals surface area contributed by atoms with E-state index in [1.807, 2.05) is 20.8 Å². The van der Waals surface area contributed by atoms with Crippen LogP contribution in [0.25, 0.3) is 0 Å². The van der Waals surface area contributed by atoms with Crippen LogP contribution in [0.3, 0.4) is 0 Å². The fourth-order valence-electron chi connectivity index (χ4n) is 1.67. The lowest BCUT2D eigenvalue weighted by atomic mass is 9.86. The summed E-state index contributed by atoms with van der Waals surface area (Å²) in [5.41, 5.74) is 0.643. The summed E-state index contributed by atoms with van der Waals surface area (Å²) in [6, 6.07) is 4.70. The molecule has 0 aliphatic heterocycles. The molecule has 0 atom stereocenters. The Hall–Kier alpha value is -1.60. The molecule has 0 radical (unpaired) electrons. The summed E-state index contributed by atoms with van der Waals surface area (Å²) >= 11 is 0. The van der Waals surface area contributed by atoms with E-state index in [2.05, 4.69) is 4.72 Å². The van der Waals surface area contributed by atoms with Crippen molar-refractivity contribution >= 4 is 21.9 Å². The number of carbonyl (C=O) groups is 1. The second-order valence-electron chi connectivity index (χ2n) is 5.84. The van der Waals surface area contributed by atoms with E-state index in [9.17, 15) is 18.3 Å². The molecular weight excluding hydrogens is 292 g/mol. The maximum absolute atomic E-state index is 12.1. The fourth-order valence-corrected chi connectivity index (χ4v) is 2.61. The highest BCUT2D eigenvalue weighted by Crippen LogP contribution is 2.28. The van der Waals surface area contributed by atoms with Gasteiger partial charge in [0.15, 0.2) is 0 Å². The Morgan fingerprint density at radius 2 is 1.90 bits per heavy atom. The van der Waals surface area contributed by atoms with E-state index >= 15 is 0 Å². The average Bonchev–Trinajstić information content (AvgIpc) is 2.35. The molecular formula is C14H22N2O4S. The van der Waals surface area contributed by atoms with Gasteiger partial charge in [0.05, 0.1) is 11.3 Å². The van der Waals surface area contributed by atoms with Gasteiger partial charge in [-0.25, -0.2) is 4.79 Å². The first kappa shape index (κ1) is 17.5. The lowest BCUT2D eigenvalue weighted by Gasteiger charge is -2.22. The number of carboxylic acid groups (broad SMARTS) is 1. The predicted molar refractivity (Wildman–Crippen MR) is 82.9 cm³/mol. The van der Waals surface area contributed by atoms with Gasteiger partial charge in [0.25, 0.3) is 0 Å². The SMILES string of the molecule is CCN(C)S(=O)(=O)Nc1cc(C(C)(C)C)ccc1C(=O)O. The average molecular weight is 314 g/mol. The summed E-state index contributed by atoms with van der Waals surface area (Å²) < 4.78 is 27.6. The minimum atomic E-state index is -3.76. The van der Waals surface area contributed by atoms with Crippen LogP contribution in [-0.4, -0.2) is 37.4 Å². The van der Waals surface area contributed by atoms with Crippen molar-refractivity contribution in [3.63, 3.8) is 0 Å². The third-order valence-corrected chi connectivity index (χ3v) is 4.77. The second kappa shape index (κ2) is 6.03. The molecule has 0 aliphatic rings. The van der Waals surface area contributed by atoms with Crippen LogP contribution in [0.15, 0.2) is 18.2 Å². The first-order chi connectivity index (χ1) is 9.49. The Morgan fingerprint density at radius 1 is 1.33 bits per heavy atom. The van der Waals surface area contributed by atoms with E-state index in [-0.39, 0.29) is 23.2 Å². The van der Waals surface area contributed by atoms with Crippen molar-refractivity contribution in [3.05, 3.63) is 29.3 Å². The quantitative estimate of drug-likeness (QED) is 0.873. The third-order valence-electron chi connectivity index (χ3n) is 3.21. The number of hydrogen-bond donors (Lipinski definition) is 2. The van der Waals surface area contributed by atoms with Gasteiger partial charge >= 0.3 is 16.2 Å². The van der Waals surface area contributed by atoms with E-state index in [1.54, 1.807) is 19.1 Å². The summed E-state index contributed by atoms with van der Waals surface area (Å²) in [5, 5.41) is 9.20. The topological polar surface area (TPSA) is 86.7 Å². The molecule has 6 nitrogen and oxygen atoms in total. The van der Waals surface area contributed by atoms with Gasteiger partial charge in [-0.1, -0.05) is 33.8 Å². The van der Waals surface area contributed by atoms with E-state index in [1.165, 1.54) is 13.1 Å². The molecule has 0 aliphatic carbocycles. The highest BCUT2D eigenvalue weighted by Gasteiger charge is 2.22. The van der Waals surface area contributed by atoms with E-state index < -0.39 is 16.2 Å². The number of nitrogens with zero attached hydrogens (tertiary/aromatic N) is 1. The van der Waals surface area contributed by atoms with Crippen molar-refractivity contribution in [1.82, 2.24) is 4.31 Å². The minimum absolute atomic E-state index is 0.0731. The molecule has 1 rings (SSSR count). The molecule has 1 aromatic rings. The molecule has 21 heavy (non-hydrogen) atoms. The zero-order valence-electron chi connectivity index (χ0n) is 13.0. The van der Waals surface area contributed by atoms with Gasteiger partial charge < -0.3 is 5.11 Å². The molecule has 0 heterocycles. The van der Waals surface area contributed by atoms with E-state index in [0.29, 0.717) is 0 Å². The Morgan fingerprint density at radius 3 is 2.33 bits per heavy atom. The molecule has 0 bridgehead atoms.